The molecule has 2 heterocycles. The smallest absolute Gasteiger partial charge is 0.231 e. The highest BCUT2D eigenvalue weighted by molar-refractivity contribution is 5.60. The van der Waals surface area contributed by atoms with Gasteiger partial charge in [0.1, 0.15) is 17.5 Å². The van der Waals surface area contributed by atoms with Gasteiger partial charge in [0.2, 0.25) is 6.79 Å². The number of ether oxygens (including phenoxy) is 2. The van der Waals surface area contributed by atoms with Crippen LogP contribution in [0.5, 0.6) is 11.5 Å². The van der Waals surface area contributed by atoms with E-state index in [2.05, 4.69) is 52.6 Å². The Labute approximate surface area is 158 Å². The molecule has 3 aromatic rings. The molecule has 0 atom stereocenters. The van der Waals surface area contributed by atoms with Crippen LogP contribution in [0.3, 0.4) is 0 Å². The topological polar surface area (TPSA) is 68.3 Å². The first-order valence-electron chi connectivity index (χ1n) is 8.89. The molecule has 0 bridgehead atoms. The van der Waals surface area contributed by atoms with Crippen molar-refractivity contribution in [2.45, 2.75) is 27.3 Å². The van der Waals surface area contributed by atoms with Crippen LogP contribution in [-0.4, -0.2) is 16.8 Å². The second-order valence-corrected chi connectivity index (χ2v) is 6.65. The maximum Gasteiger partial charge on any atom is 0.231 e. The average molecular weight is 362 g/mol. The number of fused-ring (bicyclic) bond motifs is 1. The van der Waals surface area contributed by atoms with Gasteiger partial charge in [-0.05, 0) is 61.7 Å². The molecule has 0 fully saturated rings. The number of anilines is 3. The van der Waals surface area contributed by atoms with E-state index in [1.807, 2.05) is 31.2 Å². The molecule has 27 heavy (non-hydrogen) atoms. The molecule has 2 aromatic carbocycles. The lowest BCUT2D eigenvalue weighted by Crippen LogP contribution is -2.05. The van der Waals surface area contributed by atoms with Crippen molar-refractivity contribution in [3.63, 3.8) is 0 Å². The highest BCUT2D eigenvalue weighted by Crippen LogP contribution is 2.32. The second kappa shape index (κ2) is 7.15. The van der Waals surface area contributed by atoms with Crippen LogP contribution in [0.15, 0.2) is 42.5 Å². The maximum atomic E-state index is 5.43. The van der Waals surface area contributed by atoms with Crippen LogP contribution in [0.1, 0.15) is 22.5 Å². The highest BCUT2D eigenvalue weighted by Gasteiger charge is 2.13. The quantitative estimate of drug-likeness (QED) is 0.697. The first kappa shape index (κ1) is 17.1. The van der Waals surface area contributed by atoms with Gasteiger partial charge in [-0.25, -0.2) is 9.97 Å². The van der Waals surface area contributed by atoms with E-state index in [-0.39, 0.29) is 6.79 Å². The third-order valence-electron chi connectivity index (χ3n) is 4.53. The third-order valence-corrected chi connectivity index (χ3v) is 4.53. The molecule has 0 amide bonds. The highest BCUT2D eigenvalue weighted by atomic mass is 16.7. The van der Waals surface area contributed by atoms with E-state index in [0.717, 1.165) is 34.4 Å². The molecule has 1 aliphatic heterocycles. The predicted octanol–water partition coefficient (Wildman–Crippen LogP) is 4.49. The van der Waals surface area contributed by atoms with Crippen molar-refractivity contribution in [3.8, 4) is 11.5 Å². The number of hydrogen-bond donors (Lipinski definition) is 2. The largest absolute Gasteiger partial charge is 0.454 e. The second-order valence-electron chi connectivity index (χ2n) is 6.65. The van der Waals surface area contributed by atoms with Crippen LogP contribution in [0, 0.1) is 20.8 Å². The number of benzene rings is 2. The SMILES string of the molecule is Cc1nc(NCc2ccc3c(c2)OCO3)cc(Nc2ccc(C)c(C)c2)n1. The number of hydrogen-bond acceptors (Lipinski definition) is 6. The Hall–Kier alpha value is -3.28. The summed E-state index contributed by atoms with van der Waals surface area (Å²) in [6.45, 7) is 7.01. The monoisotopic (exact) mass is 362 g/mol. The van der Waals surface area contributed by atoms with Crippen molar-refractivity contribution in [2.75, 3.05) is 17.4 Å². The fraction of sp³-hybridized carbons (Fsp3) is 0.238. The standard InChI is InChI=1S/C21H22N4O2/c1-13-4-6-17(8-14(13)2)25-21-10-20(23-15(3)24-21)22-11-16-5-7-18-19(9-16)27-12-26-18/h4-10H,11-12H2,1-3H3,(H2,22,23,24,25). The minimum Gasteiger partial charge on any atom is -0.454 e. The van der Waals surface area contributed by atoms with Gasteiger partial charge in [0.15, 0.2) is 11.5 Å². The molecule has 6 heteroatoms. The van der Waals surface area contributed by atoms with E-state index in [1.165, 1.54) is 11.1 Å². The number of rotatable bonds is 5. The van der Waals surface area contributed by atoms with Crippen molar-refractivity contribution >= 4 is 17.3 Å². The Morgan fingerprint density at radius 3 is 2.52 bits per heavy atom. The fourth-order valence-electron chi connectivity index (χ4n) is 2.93. The molecule has 1 aliphatic rings. The molecule has 1 aromatic heterocycles. The summed E-state index contributed by atoms with van der Waals surface area (Å²) in [5, 5.41) is 6.71. The summed E-state index contributed by atoms with van der Waals surface area (Å²) < 4.78 is 10.8. The van der Waals surface area contributed by atoms with Gasteiger partial charge in [0.05, 0.1) is 0 Å². The van der Waals surface area contributed by atoms with Crippen molar-refractivity contribution in [1.82, 2.24) is 9.97 Å². The number of aryl methyl sites for hydroxylation is 3. The van der Waals surface area contributed by atoms with E-state index in [0.29, 0.717) is 12.4 Å². The zero-order chi connectivity index (χ0) is 18.8. The third kappa shape index (κ3) is 3.95. The van der Waals surface area contributed by atoms with E-state index < -0.39 is 0 Å². The summed E-state index contributed by atoms with van der Waals surface area (Å²) in [4.78, 5) is 8.96. The number of nitrogens with one attached hydrogen (secondary N) is 2. The summed E-state index contributed by atoms with van der Waals surface area (Å²) in [5.41, 5.74) is 4.62. The number of nitrogens with zero attached hydrogens (tertiary/aromatic N) is 2. The predicted molar refractivity (Wildman–Crippen MR) is 106 cm³/mol. The molecule has 6 nitrogen and oxygen atoms in total. The van der Waals surface area contributed by atoms with Gasteiger partial charge < -0.3 is 20.1 Å². The van der Waals surface area contributed by atoms with Crippen molar-refractivity contribution < 1.29 is 9.47 Å². The van der Waals surface area contributed by atoms with Crippen LogP contribution in [0.4, 0.5) is 17.3 Å². The molecule has 0 aliphatic carbocycles. The molecule has 138 valence electrons. The summed E-state index contributed by atoms with van der Waals surface area (Å²) in [5.74, 6) is 3.81. The molecular weight excluding hydrogens is 340 g/mol. The lowest BCUT2D eigenvalue weighted by molar-refractivity contribution is 0.174. The van der Waals surface area contributed by atoms with Crippen LogP contribution in [-0.2, 0) is 6.54 Å². The molecular formula is C21H22N4O2. The lowest BCUT2D eigenvalue weighted by Gasteiger charge is -2.11. The van der Waals surface area contributed by atoms with E-state index >= 15 is 0 Å². The minimum absolute atomic E-state index is 0.283. The van der Waals surface area contributed by atoms with Gasteiger partial charge in [0.25, 0.3) is 0 Å². The van der Waals surface area contributed by atoms with Crippen molar-refractivity contribution in [2.24, 2.45) is 0 Å². The molecule has 0 radical (unpaired) electrons. The van der Waals surface area contributed by atoms with Gasteiger partial charge in [-0.2, -0.15) is 0 Å². The van der Waals surface area contributed by atoms with Gasteiger partial charge in [0, 0.05) is 18.3 Å². The fourth-order valence-corrected chi connectivity index (χ4v) is 2.93. The first-order valence-corrected chi connectivity index (χ1v) is 8.89. The van der Waals surface area contributed by atoms with E-state index in [1.54, 1.807) is 0 Å². The molecule has 2 N–H and O–H groups in total. The zero-order valence-corrected chi connectivity index (χ0v) is 15.7. The molecule has 0 saturated carbocycles. The molecule has 0 unspecified atom stereocenters. The van der Waals surface area contributed by atoms with Crippen LogP contribution in [0.2, 0.25) is 0 Å². The Balaban J connectivity index is 1.47. The van der Waals surface area contributed by atoms with Crippen LogP contribution < -0.4 is 20.1 Å². The zero-order valence-electron chi connectivity index (χ0n) is 15.7. The Morgan fingerprint density at radius 2 is 1.67 bits per heavy atom. The number of aromatic nitrogens is 2. The van der Waals surface area contributed by atoms with E-state index in [4.69, 9.17) is 9.47 Å². The molecule has 4 rings (SSSR count). The van der Waals surface area contributed by atoms with Crippen LogP contribution in [0.25, 0.3) is 0 Å². The minimum atomic E-state index is 0.283. The summed E-state index contributed by atoms with van der Waals surface area (Å²) in [6.07, 6.45) is 0. The summed E-state index contributed by atoms with van der Waals surface area (Å²) in [6, 6.07) is 14.1. The molecule has 0 saturated heterocycles. The lowest BCUT2D eigenvalue weighted by atomic mass is 10.1. The van der Waals surface area contributed by atoms with Crippen molar-refractivity contribution in [3.05, 3.63) is 65.0 Å². The first-order chi connectivity index (χ1) is 13.1. The molecule has 0 spiro atoms. The Bertz CT molecular complexity index is 988. The average Bonchev–Trinajstić information content (AvgIpc) is 3.10. The van der Waals surface area contributed by atoms with Gasteiger partial charge in [-0.1, -0.05) is 12.1 Å². The maximum absolute atomic E-state index is 5.43. The summed E-state index contributed by atoms with van der Waals surface area (Å²) in [7, 11) is 0. The van der Waals surface area contributed by atoms with Gasteiger partial charge in [-0.3, -0.25) is 0 Å². The van der Waals surface area contributed by atoms with Crippen molar-refractivity contribution in [1.29, 1.82) is 0 Å². The van der Waals surface area contributed by atoms with Gasteiger partial charge >= 0.3 is 0 Å². The van der Waals surface area contributed by atoms with E-state index in [9.17, 15) is 0 Å². The van der Waals surface area contributed by atoms with Crippen LogP contribution >= 0.6 is 0 Å². The Morgan fingerprint density at radius 1 is 0.852 bits per heavy atom. The summed E-state index contributed by atoms with van der Waals surface area (Å²) >= 11 is 0. The van der Waals surface area contributed by atoms with Gasteiger partial charge in [-0.15, -0.1) is 0 Å². The Kier molecular flexibility index (Phi) is 4.54. The normalized spacial score (nSPS) is 12.1.